The Morgan fingerprint density at radius 2 is 1.84 bits per heavy atom. The van der Waals surface area contributed by atoms with Crippen LogP contribution in [-0.4, -0.2) is 24.1 Å². The molecule has 0 bridgehead atoms. The number of nitrogens with zero attached hydrogens (tertiary/aromatic N) is 2. The summed E-state index contributed by atoms with van der Waals surface area (Å²) in [5.41, 5.74) is 0.952. The first-order valence-electron chi connectivity index (χ1n) is 5.79. The number of ether oxygens (including phenoxy) is 1. The molecule has 0 saturated heterocycles. The van der Waals surface area contributed by atoms with E-state index >= 15 is 0 Å². The topological polar surface area (TPSA) is 59.1 Å². The number of rotatable bonds is 5. The molecule has 1 aromatic heterocycles. The van der Waals surface area contributed by atoms with Crippen molar-refractivity contribution < 1.29 is 9.13 Å². The molecule has 0 atom stereocenters. The van der Waals surface area contributed by atoms with Crippen molar-refractivity contribution in [3.63, 3.8) is 0 Å². The highest BCUT2D eigenvalue weighted by atomic mass is 19.1. The van der Waals surface area contributed by atoms with Crippen LogP contribution in [0.15, 0.2) is 30.6 Å². The first kappa shape index (κ1) is 13.1. The first-order chi connectivity index (χ1) is 9.24. The fraction of sp³-hybridized carbons (Fsp3) is 0.231. The van der Waals surface area contributed by atoms with Gasteiger partial charge in [-0.15, -0.1) is 0 Å². The van der Waals surface area contributed by atoms with Gasteiger partial charge in [-0.05, 0) is 17.7 Å². The predicted molar refractivity (Wildman–Crippen MR) is 71.9 cm³/mol. The van der Waals surface area contributed by atoms with Gasteiger partial charge >= 0.3 is 0 Å². The van der Waals surface area contributed by atoms with Crippen molar-refractivity contribution in [2.45, 2.75) is 6.54 Å². The van der Waals surface area contributed by atoms with Crippen molar-refractivity contribution in [2.24, 2.45) is 0 Å². The van der Waals surface area contributed by atoms with Crippen molar-refractivity contribution in [2.75, 3.05) is 24.8 Å². The van der Waals surface area contributed by atoms with E-state index in [4.69, 9.17) is 4.74 Å². The van der Waals surface area contributed by atoms with Crippen molar-refractivity contribution in [3.8, 4) is 5.75 Å². The largest absolute Gasteiger partial charge is 0.490 e. The van der Waals surface area contributed by atoms with Crippen LogP contribution in [0.3, 0.4) is 0 Å². The van der Waals surface area contributed by atoms with Gasteiger partial charge in [0.25, 0.3) is 0 Å². The smallest absolute Gasteiger partial charge is 0.204 e. The van der Waals surface area contributed by atoms with Crippen LogP contribution in [0.2, 0.25) is 0 Å². The third-order valence-corrected chi connectivity index (χ3v) is 2.62. The first-order valence-corrected chi connectivity index (χ1v) is 5.79. The highest BCUT2D eigenvalue weighted by Gasteiger charge is 2.10. The molecular formula is C13H15FN4O. The summed E-state index contributed by atoms with van der Waals surface area (Å²) in [5, 5.41) is 6.06. The summed E-state index contributed by atoms with van der Waals surface area (Å²) in [4.78, 5) is 8.19. The number of hydrogen-bond acceptors (Lipinski definition) is 5. The average Bonchev–Trinajstić information content (AvgIpc) is 2.46. The highest BCUT2D eigenvalue weighted by Crippen LogP contribution is 2.28. The SMILES string of the molecule is CNc1ncnc(NCc2ccc(F)cc2)c1OC. The standard InChI is InChI=1S/C13H15FN4O/c1-15-12-11(19-2)13(18-8-17-12)16-7-9-3-5-10(14)6-4-9/h3-6,8H,7H2,1-2H3,(H2,15,16,17,18). The quantitative estimate of drug-likeness (QED) is 0.865. The fourth-order valence-corrected chi connectivity index (χ4v) is 1.66. The minimum absolute atomic E-state index is 0.249. The van der Waals surface area contributed by atoms with Crippen LogP contribution in [0, 0.1) is 5.82 Å². The monoisotopic (exact) mass is 262 g/mol. The van der Waals surface area contributed by atoms with Crippen LogP contribution in [0.1, 0.15) is 5.56 Å². The van der Waals surface area contributed by atoms with Crippen molar-refractivity contribution >= 4 is 11.6 Å². The van der Waals surface area contributed by atoms with Gasteiger partial charge in [-0.2, -0.15) is 0 Å². The molecule has 2 aromatic rings. The van der Waals surface area contributed by atoms with Gasteiger partial charge in [-0.1, -0.05) is 12.1 Å². The Morgan fingerprint density at radius 1 is 1.16 bits per heavy atom. The lowest BCUT2D eigenvalue weighted by atomic mass is 10.2. The zero-order chi connectivity index (χ0) is 13.7. The minimum atomic E-state index is -0.249. The van der Waals surface area contributed by atoms with Crippen molar-refractivity contribution in [1.82, 2.24) is 9.97 Å². The Balaban J connectivity index is 2.13. The zero-order valence-electron chi connectivity index (χ0n) is 10.8. The van der Waals surface area contributed by atoms with E-state index in [1.165, 1.54) is 18.5 Å². The summed E-state index contributed by atoms with van der Waals surface area (Å²) in [6.07, 6.45) is 1.45. The number of halogens is 1. The molecule has 0 saturated carbocycles. The summed E-state index contributed by atoms with van der Waals surface area (Å²) in [6, 6.07) is 6.28. The molecule has 0 radical (unpaired) electrons. The number of anilines is 2. The molecule has 2 rings (SSSR count). The van der Waals surface area contributed by atoms with Crippen LogP contribution in [0.4, 0.5) is 16.0 Å². The maximum Gasteiger partial charge on any atom is 0.204 e. The normalized spacial score (nSPS) is 10.1. The Hall–Kier alpha value is -2.37. The molecule has 0 unspecified atom stereocenters. The highest BCUT2D eigenvalue weighted by molar-refractivity contribution is 5.63. The fourth-order valence-electron chi connectivity index (χ4n) is 1.66. The molecule has 1 aromatic carbocycles. The van der Waals surface area contributed by atoms with Crippen LogP contribution < -0.4 is 15.4 Å². The summed E-state index contributed by atoms with van der Waals surface area (Å²) in [6.45, 7) is 0.525. The number of methoxy groups -OCH3 is 1. The molecule has 19 heavy (non-hydrogen) atoms. The summed E-state index contributed by atoms with van der Waals surface area (Å²) in [7, 11) is 3.32. The lowest BCUT2D eigenvalue weighted by molar-refractivity contribution is 0.415. The van der Waals surface area contributed by atoms with Gasteiger partial charge in [0.1, 0.15) is 12.1 Å². The van der Waals surface area contributed by atoms with Crippen molar-refractivity contribution in [1.29, 1.82) is 0 Å². The second-order valence-corrected chi connectivity index (χ2v) is 3.83. The Bertz CT molecular complexity index is 545. The molecule has 1 heterocycles. The molecule has 0 amide bonds. The second-order valence-electron chi connectivity index (χ2n) is 3.83. The van der Waals surface area contributed by atoms with E-state index in [9.17, 15) is 4.39 Å². The van der Waals surface area contributed by atoms with Gasteiger partial charge in [-0.3, -0.25) is 0 Å². The molecule has 0 aliphatic rings. The predicted octanol–water partition coefficient (Wildman–Crippen LogP) is 2.28. The summed E-state index contributed by atoms with van der Waals surface area (Å²) >= 11 is 0. The number of aromatic nitrogens is 2. The van der Waals surface area contributed by atoms with E-state index in [0.29, 0.717) is 23.9 Å². The average molecular weight is 262 g/mol. The van der Waals surface area contributed by atoms with Gasteiger partial charge in [0.2, 0.25) is 5.75 Å². The maximum atomic E-state index is 12.8. The van der Waals surface area contributed by atoms with Crippen LogP contribution >= 0.6 is 0 Å². The molecule has 0 aliphatic carbocycles. The molecule has 0 fully saturated rings. The van der Waals surface area contributed by atoms with E-state index in [0.717, 1.165) is 5.56 Å². The van der Waals surface area contributed by atoms with Crippen LogP contribution in [0.25, 0.3) is 0 Å². The third kappa shape index (κ3) is 3.09. The van der Waals surface area contributed by atoms with Gasteiger partial charge in [0, 0.05) is 13.6 Å². The summed E-state index contributed by atoms with van der Waals surface area (Å²) < 4.78 is 18.1. The van der Waals surface area contributed by atoms with E-state index in [2.05, 4.69) is 20.6 Å². The van der Waals surface area contributed by atoms with Gasteiger partial charge in [-0.25, -0.2) is 14.4 Å². The van der Waals surface area contributed by atoms with E-state index < -0.39 is 0 Å². The lowest BCUT2D eigenvalue weighted by Gasteiger charge is -2.12. The van der Waals surface area contributed by atoms with Gasteiger partial charge in [0.15, 0.2) is 11.6 Å². The molecule has 2 N–H and O–H groups in total. The summed E-state index contributed by atoms with van der Waals surface area (Å²) in [5.74, 6) is 1.50. The molecule has 6 heteroatoms. The van der Waals surface area contributed by atoms with E-state index in [1.54, 1.807) is 26.3 Å². The zero-order valence-corrected chi connectivity index (χ0v) is 10.8. The maximum absolute atomic E-state index is 12.8. The Kier molecular flexibility index (Phi) is 4.12. The van der Waals surface area contributed by atoms with E-state index in [1.807, 2.05) is 0 Å². The molecule has 0 aliphatic heterocycles. The van der Waals surface area contributed by atoms with Crippen LogP contribution in [0.5, 0.6) is 5.75 Å². The number of benzene rings is 1. The molecular weight excluding hydrogens is 247 g/mol. The van der Waals surface area contributed by atoms with Gasteiger partial charge < -0.3 is 15.4 Å². The molecule has 100 valence electrons. The van der Waals surface area contributed by atoms with Crippen LogP contribution in [-0.2, 0) is 6.54 Å². The molecule has 0 spiro atoms. The number of nitrogens with one attached hydrogen (secondary N) is 2. The van der Waals surface area contributed by atoms with Crippen molar-refractivity contribution in [3.05, 3.63) is 42.0 Å². The lowest BCUT2D eigenvalue weighted by Crippen LogP contribution is -2.06. The van der Waals surface area contributed by atoms with Gasteiger partial charge in [0.05, 0.1) is 7.11 Å². The Labute approximate surface area is 110 Å². The second kappa shape index (κ2) is 5.99. The number of hydrogen-bond donors (Lipinski definition) is 2. The van der Waals surface area contributed by atoms with E-state index in [-0.39, 0.29) is 5.82 Å². The Morgan fingerprint density at radius 3 is 2.47 bits per heavy atom. The minimum Gasteiger partial charge on any atom is -0.490 e. The third-order valence-electron chi connectivity index (χ3n) is 2.62. The molecule has 5 nitrogen and oxygen atoms in total.